The summed E-state index contributed by atoms with van der Waals surface area (Å²) in [5.74, 6) is 0.786. The molecule has 6 rings (SSSR count). The first-order valence-electron chi connectivity index (χ1n) is 9.73. The van der Waals surface area contributed by atoms with Gasteiger partial charge in [0, 0.05) is 21.8 Å². The van der Waals surface area contributed by atoms with Crippen LogP contribution in [0.3, 0.4) is 0 Å². The Bertz CT molecular complexity index is 878. The number of halogens is 1. The highest BCUT2D eigenvalue weighted by atomic mass is 32.1. The molecule has 0 spiro atoms. The smallest absolute Gasteiger partial charge is 0.261 e. The number of hydrogen-bond donors (Lipinski definition) is 1. The van der Waals surface area contributed by atoms with Crippen LogP contribution in [0.5, 0.6) is 0 Å². The van der Waals surface area contributed by atoms with Crippen LogP contribution in [0, 0.1) is 11.7 Å². The molecule has 138 valence electrons. The zero-order valence-corrected chi connectivity index (χ0v) is 16.2. The van der Waals surface area contributed by atoms with E-state index in [1.54, 1.807) is 6.07 Å². The van der Waals surface area contributed by atoms with Gasteiger partial charge in [0.2, 0.25) is 0 Å². The first kappa shape index (κ1) is 16.7. The Kier molecular flexibility index (Phi) is 3.70. The van der Waals surface area contributed by atoms with E-state index in [9.17, 15) is 9.18 Å². The molecule has 2 aromatic rings. The summed E-state index contributed by atoms with van der Waals surface area (Å²) in [7, 11) is 0. The number of nitrogens with one attached hydrogen (secondary N) is 1. The maximum atomic E-state index is 14.3. The standard InChI is InChI=1S/C21H25FN2OS/c1-21(2)19(13-7-9-24(21)10-8-13)23-20(25)16-11-14-5-6-15(22)17(12-3-4-12)18(14)26-16/h5-6,11-13,19H,3-4,7-10H2,1-2H3,(H,23,25)/t19-/m0/s1. The number of thiophene rings is 1. The van der Waals surface area contributed by atoms with Crippen LogP contribution in [0.15, 0.2) is 18.2 Å². The zero-order valence-electron chi connectivity index (χ0n) is 15.3. The molecule has 3 saturated heterocycles. The van der Waals surface area contributed by atoms with Crippen LogP contribution in [0.1, 0.15) is 60.7 Å². The van der Waals surface area contributed by atoms with Gasteiger partial charge in [-0.05, 0) is 82.0 Å². The second-order valence-electron chi connectivity index (χ2n) is 8.69. The summed E-state index contributed by atoms with van der Waals surface area (Å²) in [6, 6.07) is 5.49. The van der Waals surface area contributed by atoms with E-state index in [4.69, 9.17) is 0 Å². The first-order chi connectivity index (χ1) is 12.4. The molecule has 1 saturated carbocycles. The van der Waals surface area contributed by atoms with Gasteiger partial charge in [-0.1, -0.05) is 6.07 Å². The molecule has 1 N–H and O–H groups in total. The largest absolute Gasteiger partial charge is 0.346 e. The fraction of sp³-hybridized carbons (Fsp3) is 0.571. The lowest BCUT2D eigenvalue weighted by molar-refractivity contribution is -0.0377. The van der Waals surface area contributed by atoms with Crippen molar-refractivity contribution in [3.05, 3.63) is 34.5 Å². The van der Waals surface area contributed by atoms with Gasteiger partial charge >= 0.3 is 0 Å². The lowest BCUT2D eigenvalue weighted by Crippen LogP contribution is -2.69. The van der Waals surface area contributed by atoms with E-state index in [1.807, 2.05) is 12.1 Å². The Labute approximate surface area is 157 Å². The van der Waals surface area contributed by atoms with Crippen molar-refractivity contribution in [3.63, 3.8) is 0 Å². The predicted octanol–water partition coefficient (Wildman–Crippen LogP) is 4.52. The fourth-order valence-corrected chi connectivity index (χ4v) is 6.23. The normalized spacial score (nSPS) is 29.9. The van der Waals surface area contributed by atoms with E-state index in [0.717, 1.165) is 54.4 Å². The Morgan fingerprint density at radius 1 is 1.23 bits per heavy atom. The van der Waals surface area contributed by atoms with E-state index >= 15 is 0 Å². The van der Waals surface area contributed by atoms with Crippen molar-refractivity contribution in [1.29, 1.82) is 0 Å². The van der Waals surface area contributed by atoms with Crippen molar-refractivity contribution in [2.75, 3.05) is 13.1 Å². The Morgan fingerprint density at radius 3 is 2.62 bits per heavy atom. The molecule has 3 aliphatic heterocycles. The highest BCUT2D eigenvalue weighted by molar-refractivity contribution is 7.21. The van der Waals surface area contributed by atoms with Crippen molar-refractivity contribution < 1.29 is 9.18 Å². The molecule has 0 unspecified atom stereocenters. The number of benzene rings is 1. The molecule has 1 aliphatic carbocycles. The van der Waals surface area contributed by atoms with Crippen LogP contribution in [0.4, 0.5) is 4.39 Å². The predicted molar refractivity (Wildman–Crippen MR) is 103 cm³/mol. The third-order valence-electron chi connectivity index (χ3n) is 6.76. The first-order valence-corrected chi connectivity index (χ1v) is 10.5. The monoisotopic (exact) mass is 372 g/mol. The van der Waals surface area contributed by atoms with Crippen LogP contribution in [0.2, 0.25) is 0 Å². The molecule has 1 aromatic heterocycles. The fourth-order valence-electron chi connectivity index (χ4n) is 5.05. The molecule has 1 aromatic carbocycles. The molecule has 3 nitrogen and oxygen atoms in total. The number of rotatable bonds is 3. The van der Waals surface area contributed by atoms with Crippen LogP contribution in [0.25, 0.3) is 10.1 Å². The van der Waals surface area contributed by atoms with Crippen molar-refractivity contribution in [3.8, 4) is 0 Å². The maximum absolute atomic E-state index is 14.3. The summed E-state index contributed by atoms with van der Waals surface area (Å²) in [5.41, 5.74) is 0.827. The lowest BCUT2D eigenvalue weighted by Gasteiger charge is -2.56. The minimum atomic E-state index is -0.118. The van der Waals surface area contributed by atoms with E-state index in [0.29, 0.717) is 16.7 Å². The summed E-state index contributed by atoms with van der Waals surface area (Å²) < 4.78 is 15.3. The number of carbonyl (C=O) groups excluding carboxylic acids is 1. The molecule has 1 atom stereocenters. The number of carbonyl (C=O) groups is 1. The van der Waals surface area contributed by atoms with E-state index in [2.05, 4.69) is 24.1 Å². The number of nitrogens with zero attached hydrogens (tertiary/aromatic N) is 1. The van der Waals surface area contributed by atoms with Crippen molar-refractivity contribution in [2.45, 2.75) is 57.0 Å². The molecule has 5 heteroatoms. The third kappa shape index (κ3) is 2.51. The second kappa shape index (κ2) is 5.77. The second-order valence-corrected chi connectivity index (χ2v) is 9.75. The maximum Gasteiger partial charge on any atom is 0.261 e. The van der Waals surface area contributed by atoms with Crippen LogP contribution in [-0.4, -0.2) is 35.5 Å². The van der Waals surface area contributed by atoms with Gasteiger partial charge in [-0.15, -0.1) is 11.3 Å². The van der Waals surface area contributed by atoms with Gasteiger partial charge < -0.3 is 5.32 Å². The Balaban J connectivity index is 1.45. The summed E-state index contributed by atoms with van der Waals surface area (Å²) in [6.07, 6.45) is 4.45. The molecule has 1 amide bonds. The molecule has 4 fully saturated rings. The van der Waals surface area contributed by atoms with Gasteiger partial charge in [0.15, 0.2) is 0 Å². The minimum Gasteiger partial charge on any atom is -0.346 e. The van der Waals surface area contributed by atoms with E-state index in [1.165, 1.54) is 11.3 Å². The van der Waals surface area contributed by atoms with Gasteiger partial charge in [-0.3, -0.25) is 9.69 Å². The molecule has 4 heterocycles. The number of piperidine rings is 3. The van der Waals surface area contributed by atoms with Crippen LogP contribution < -0.4 is 5.32 Å². The zero-order chi connectivity index (χ0) is 18.1. The molecule has 26 heavy (non-hydrogen) atoms. The summed E-state index contributed by atoms with van der Waals surface area (Å²) in [5, 5.41) is 4.33. The van der Waals surface area contributed by atoms with Gasteiger partial charge in [0.1, 0.15) is 5.82 Å². The molecular weight excluding hydrogens is 347 g/mol. The highest BCUT2D eigenvalue weighted by Gasteiger charge is 2.48. The van der Waals surface area contributed by atoms with Gasteiger partial charge in [0.05, 0.1) is 4.88 Å². The Morgan fingerprint density at radius 2 is 1.96 bits per heavy atom. The van der Waals surface area contributed by atoms with Crippen molar-refractivity contribution >= 4 is 27.3 Å². The average Bonchev–Trinajstić information content (AvgIpc) is 3.35. The highest BCUT2D eigenvalue weighted by Crippen LogP contribution is 2.46. The average molecular weight is 373 g/mol. The molecule has 4 aliphatic rings. The summed E-state index contributed by atoms with van der Waals surface area (Å²) in [4.78, 5) is 16.2. The molecular formula is C21H25FN2OS. The van der Waals surface area contributed by atoms with Crippen molar-refractivity contribution in [2.24, 2.45) is 5.92 Å². The summed E-state index contributed by atoms with van der Waals surface area (Å²) in [6.45, 7) is 6.76. The minimum absolute atomic E-state index is 0.000167. The number of amides is 1. The topological polar surface area (TPSA) is 32.3 Å². The van der Waals surface area contributed by atoms with Gasteiger partial charge in [-0.2, -0.15) is 0 Å². The van der Waals surface area contributed by atoms with Crippen LogP contribution in [-0.2, 0) is 0 Å². The van der Waals surface area contributed by atoms with E-state index < -0.39 is 0 Å². The number of fused-ring (bicyclic) bond motifs is 4. The van der Waals surface area contributed by atoms with Gasteiger partial charge in [0.25, 0.3) is 5.91 Å². The van der Waals surface area contributed by atoms with Gasteiger partial charge in [-0.25, -0.2) is 4.39 Å². The number of hydrogen-bond acceptors (Lipinski definition) is 3. The van der Waals surface area contributed by atoms with E-state index in [-0.39, 0.29) is 23.3 Å². The van der Waals surface area contributed by atoms with Crippen LogP contribution >= 0.6 is 11.3 Å². The Hall–Kier alpha value is -1.46. The quantitative estimate of drug-likeness (QED) is 0.859. The summed E-state index contributed by atoms with van der Waals surface area (Å²) >= 11 is 1.46. The van der Waals surface area contributed by atoms with Crippen molar-refractivity contribution in [1.82, 2.24) is 10.2 Å². The third-order valence-corrected chi connectivity index (χ3v) is 7.94. The lowest BCUT2D eigenvalue weighted by atomic mass is 9.72. The SMILES string of the molecule is CC1(C)[C@@H](NC(=O)c2cc3ccc(F)c(C4CC4)c3s2)C2CCN1CC2. The molecule has 2 bridgehead atoms. The molecule has 0 radical (unpaired) electrons.